The number of anilines is 1. The van der Waals surface area contributed by atoms with Gasteiger partial charge in [0.05, 0.1) is 5.92 Å². The third-order valence-electron chi connectivity index (χ3n) is 4.00. The summed E-state index contributed by atoms with van der Waals surface area (Å²) in [5.74, 6) is -0.396. The Kier molecular flexibility index (Phi) is 4.37. The second kappa shape index (κ2) is 6.60. The van der Waals surface area contributed by atoms with Gasteiger partial charge in [0.2, 0.25) is 11.8 Å². The number of rotatable bonds is 4. The normalized spacial score (nSPS) is 17.3. The van der Waals surface area contributed by atoms with Gasteiger partial charge in [-0.2, -0.15) is 0 Å². The van der Waals surface area contributed by atoms with Crippen LogP contribution in [0.3, 0.4) is 0 Å². The molecule has 0 aliphatic carbocycles. The molecule has 3 rings (SSSR count). The number of aryl methyl sites for hydroxylation is 1. The molecule has 0 saturated carbocycles. The van der Waals surface area contributed by atoms with Crippen LogP contribution in [0.2, 0.25) is 0 Å². The van der Waals surface area contributed by atoms with Crippen LogP contribution >= 0.6 is 0 Å². The van der Waals surface area contributed by atoms with Gasteiger partial charge in [0, 0.05) is 37.1 Å². The smallest absolute Gasteiger partial charge is 0.227 e. The molecule has 23 heavy (non-hydrogen) atoms. The summed E-state index contributed by atoms with van der Waals surface area (Å²) in [5, 5.41) is 2.90. The molecular formula is C18H19N3O2. The third-order valence-corrected chi connectivity index (χ3v) is 4.00. The number of aromatic nitrogens is 1. The molecule has 1 N–H and O–H groups in total. The Hall–Kier alpha value is -2.69. The Morgan fingerprint density at radius 2 is 2.04 bits per heavy atom. The summed E-state index contributed by atoms with van der Waals surface area (Å²) in [6.07, 6.45) is 2.01. The van der Waals surface area contributed by atoms with E-state index in [1.165, 1.54) is 0 Å². The lowest BCUT2D eigenvalue weighted by Crippen LogP contribution is -2.32. The summed E-state index contributed by atoms with van der Waals surface area (Å²) in [7, 11) is 0. The maximum absolute atomic E-state index is 12.3. The largest absolute Gasteiger partial charge is 0.352 e. The van der Waals surface area contributed by atoms with Crippen molar-refractivity contribution in [3.05, 3.63) is 59.9 Å². The second-order valence-electron chi connectivity index (χ2n) is 5.77. The molecule has 2 amide bonds. The van der Waals surface area contributed by atoms with E-state index in [1.807, 2.05) is 49.4 Å². The minimum absolute atomic E-state index is 0.00616. The van der Waals surface area contributed by atoms with Crippen molar-refractivity contribution in [2.24, 2.45) is 5.92 Å². The minimum atomic E-state index is -0.305. The quantitative estimate of drug-likeness (QED) is 0.940. The monoisotopic (exact) mass is 309 g/mol. The second-order valence-corrected chi connectivity index (χ2v) is 5.77. The first-order chi connectivity index (χ1) is 11.1. The van der Waals surface area contributed by atoms with Crippen molar-refractivity contribution in [1.82, 2.24) is 10.3 Å². The zero-order chi connectivity index (χ0) is 16.2. The molecule has 1 aliphatic heterocycles. The van der Waals surface area contributed by atoms with Gasteiger partial charge in [0.1, 0.15) is 0 Å². The van der Waals surface area contributed by atoms with Gasteiger partial charge in [0.25, 0.3) is 0 Å². The maximum Gasteiger partial charge on any atom is 0.227 e. The summed E-state index contributed by atoms with van der Waals surface area (Å²) in [4.78, 5) is 30.3. The van der Waals surface area contributed by atoms with Crippen molar-refractivity contribution < 1.29 is 9.59 Å². The van der Waals surface area contributed by atoms with E-state index in [9.17, 15) is 9.59 Å². The van der Waals surface area contributed by atoms with Crippen molar-refractivity contribution in [2.75, 3.05) is 11.4 Å². The number of nitrogens with one attached hydrogen (secondary N) is 1. The van der Waals surface area contributed by atoms with E-state index < -0.39 is 0 Å². The van der Waals surface area contributed by atoms with Crippen LogP contribution in [-0.2, 0) is 16.1 Å². The van der Waals surface area contributed by atoms with Crippen LogP contribution in [0.1, 0.15) is 17.7 Å². The van der Waals surface area contributed by atoms with Gasteiger partial charge in [0.15, 0.2) is 0 Å². The number of hydrogen-bond acceptors (Lipinski definition) is 3. The molecule has 1 saturated heterocycles. The van der Waals surface area contributed by atoms with E-state index in [4.69, 9.17) is 0 Å². The topological polar surface area (TPSA) is 62.3 Å². The molecule has 1 atom stereocenters. The fourth-order valence-electron chi connectivity index (χ4n) is 2.68. The van der Waals surface area contributed by atoms with E-state index in [1.54, 1.807) is 11.1 Å². The van der Waals surface area contributed by atoms with Crippen LogP contribution in [0, 0.1) is 12.8 Å². The van der Waals surface area contributed by atoms with E-state index in [-0.39, 0.29) is 24.2 Å². The predicted octanol–water partition coefficient (Wildman–Crippen LogP) is 2.06. The Balaban J connectivity index is 1.58. The molecule has 1 aromatic carbocycles. The number of amides is 2. The van der Waals surface area contributed by atoms with Crippen molar-refractivity contribution in [2.45, 2.75) is 19.9 Å². The number of carbonyl (C=O) groups is 2. The molecule has 0 radical (unpaired) electrons. The highest BCUT2D eigenvalue weighted by Gasteiger charge is 2.34. The van der Waals surface area contributed by atoms with Gasteiger partial charge in [-0.15, -0.1) is 0 Å². The molecule has 1 aliphatic rings. The molecule has 0 unspecified atom stereocenters. The lowest BCUT2D eigenvalue weighted by Gasteiger charge is -2.16. The molecule has 2 heterocycles. The SMILES string of the molecule is Cc1ccc(CNC(=O)[C@@H]2CC(=O)N(c3ccccc3)C2)cn1. The first-order valence-corrected chi connectivity index (χ1v) is 7.68. The van der Waals surface area contributed by atoms with E-state index in [2.05, 4.69) is 10.3 Å². The minimum Gasteiger partial charge on any atom is -0.352 e. The Labute approximate surface area is 135 Å². The average molecular weight is 309 g/mol. The van der Waals surface area contributed by atoms with Gasteiger partial charge < -0.3 is 10.2 Å². The average Bonchev–Trinajstić information content (AvgIpc) is 2.97. The van der Waals surface area contributed by atoms with Crippen LogP contribution in [0.25, 0.3) is 0 Å². The number of nitrogens with zero attached hydrogens (tertiary/aromatic N) is 2. The van der Waals surface area contributed by atoms with Crippen molar-refractivity contribution in [3.8, 4) is 0 Å². The van der Waals surface area contributed by atoms with E-state index in [0.717, 1.165) is 16.9 Å². The van der Waals surface area contributed by atoms with Crippen LogP contribution < -0.4 is 10.2 Å². The highest BCUT2D eigenvalue weighted by molar-refractivity contribution is 6.00. The first-order valence-electron chi connectivity index (χ1n) is 7.68. The van der Waals surface area contributed by atoms with Gasteiger partial charge >= 0.3 is 0 Å². The lowest BCUT2D eigenvalue weighted by molar-refractivity contribution is -0.126. The van der Waals surface area contributed by atoms with E-state index >= 15 is 0 Å². The molecule has 0 spiro atoms. The zero-order valence-corrected chi connectivity index (χ0v) is 13.0. The zero-order valence-electron chi connectivity index (χ0n) is 13.0. The first kappa shape index (κ1) is 15.2. The van der Waals surface area contributed by atoms with E-state index in [0.29, 0.717) is 13.1 Å². The fraction of sp³-hybridized carbons (Fsp3) is 0.278. The lowest BCUT2D eigenvalue weighted by atomic mass is 10.1. The van der Waals surface area contributed by atoms with Crippen LogP contribution in [0.15, 0.2) is 48.7 Å². The van der Waals surface area contributed by atoms with Crippen molar-refractivity contribution in [1.29, 1.82) is 0 Å². The third kappa shape index (κ3) is 3.56. The highest BCUT2D eigenvalue weighted by atomic mass is 16.2. The van der Waals surface area contributed by atoms with Crippen LogP contribution in [-0.4, -0.2) is 23.3 Å². The standard InChI is InChI=1S/C18H19N3O2/c1-13-7-8-14(10-19-13)11-20-18(23)15-9-17(22)21(12-15)16-5-3-2-4-6-16/h2-8,10,15H,9,11-12H2,1H3,(H,20,23)/t15-/m1/s1. The molecule has 1 fully saturated rings. The molecule has 0 bridgehead atoms. The summed E-state index contributed by atoms with van der Waals surface area (Å²) in [6, 6.07) is 13.3. The number of benzene rings is 1. The highest BCUT2D eigenvalue weighted by Crippen LogP contribution is 2.24. The van der Waals surface area contributed by atoms with Gasteiger partial charge in [-0.05, 0) is 30.7 Å². The Bertz CT molecular complexity index is 698. The van der Waals surface area contributed by atoms with Crippen LogP contribution in [0.4, 0.5) is 5.69 Å². The number of pyridine rings is 1. The van der Waals surface area contributed by atoms with Crippen molar-refractivity contribution in [3.63, 3.8) is 0 Å². The Morgan fingerprint density at radius 1 is 1.26 bits per heavy atom. The Morgan fingerprint density at radius 3 is 2.74 bits per heavy atom. The summed E-state index contributed by atoms with van der Waals surface area (Å²) >= 11 is 0. The molecule has 2 aromatic rings. The van der Waals surface area contributed by atoms with Crippen molar-refractivity contribution >= 4 is 17.5 Å². The fourth-order valence-corrected chi connectivity index (χ4v) is 2.68. The maximum atomic E-state index is 12.3. The molecular weight excluding hydrogens is 290 g/mol. The summed E-state index contributed by atoms with van der Waals surface area (Å²) < 4.78 is 0. The molecule has 5 heteroatoms. The van der Waals surface area contributed by atoms with Gasteiger partial charge in [-0.1, -0.05) is 24.3 Å². The number of hydrogen-bond donors (Lipinski definition) is 1. The van der Waals surface area contributed by atoms with Gasteiger partial charge in [-0.25, -0.2) is 0 Å². The predicted molar refractivity (Wildman–Crippen MR) is 87.7 cm³/mol. The molecule has 1 aromatic heterocycles. The summed E-state index contributed by atoms with van der Waals surface area (Å²) in [6.45, 7) is 2.79. The summed E-state index contributed by atoms with van der Waals surface area (Å²) in [5.41, 5.74) is 2.74. The van der Waals surface area contributed by atoms with Gasteiger partial charge in [-0.3, -0.25) is 14.6 Å². The number of carbonyl (C=O) groups excluding carboxylic acids is 2. The van der Waals surface area contributed by atoms with Crippen LogP contribution in [0.5, 0.6) is 0 Å². The molecule has 5 nitrogen and oxygen atoms in total. The molecule has 118 valence electrons. The number of para-hydroxylation sites is 1.